The zero-order chi connectivity index (χ0) is 24.4. The highest BCUT2D eigenvalue weighted by Crippen LogP contribution is 2.24. The number of halogens is 1. The smallest absolute Gasteiger partial charge is 0.416 e. The number of rotatable bonds is 6. The first-order valence-electron chi connectivity index (χ1n) is 11.3. The molecule has 2 aromatic carbocycles. The molecule has 35 heavy (non-hydrogen) atoms. The molecule has 1 aromatic heterocycles. The van der Waals surface area contributed by atoms with Crippen LogP contribution < -0.4 is 9.80 Å². The third-order valence-electron chi connectivity index (χ3n) is 6.16. The zero-order valence-electron chi connectivity index (χ0n) is 19.1. The van der Waals surface area contributed by atoms with Crippen LogP contribution in [0.3, 0.4) is 0 Å². The van der Waals surface area contributed by atoms with Crippen molar-refractivity contribution in [1.82, 2.24) is 30.0 Å². The van der Waals surface area contributed by atoms with Crippen molar-refractivity contribution < 1.29 is 18.7 Å². The molecule has 0 N–H and O–H groups in total. The average molecular weight is 481 g/mol. The molecule has 2 saturated heterocycles. The summed E-state index contributed by atoms with van der Waals surface area (Å²) in [5.41, 5.74) is 1.43. The van der Waals surface area contributed by atoms with E-state index < -0.39 is 18.6 Å². The molecular formula is C23H25FN8O3. The van der Waals surface area contributed by atoms with Gasteiger partial charge in [0.1, 0.15) is 0 Å². The van der Waals surface area contributed by atoms with Crippen molar-refractivity contribution in [1.29, 1.82) is 0 Å². The molecule has 2 fully saturated rings. The minimum absolute atomic E-state index is 0.00771. The summed E-state index contributed by atoms with van der Waals surface area (Å²) in [5, 5.41) is 11.7. The third-order valence-corrected chi connectivity index (χ3v) is 6.16. The summed E-state index contributed by atoms with van der Waals surface area (Å²) in [6.07, 6.45) is -2.62. The van der Waals surface area contributed by atoms with E-state index >= 15 is 4.39 Å². The van der Waals surface area contributed by atoms with Gasteiger partial charge in [-0.15, -0.1) is 0 Å². The summed E-state index contributed by atoms with van der Waals surface area (Å²) in [6, 6.07) is 18.4. The second-order valence-corrected chi connectivity index (χ2v) is 8.38. The van der Waals surface area contributed by atoms with Gasteiger partial charge in [0.15, 0.2) is 12.5 Å². The van der Waals surface area contributed by atoms with Crippen LogP contribution in [0.2, 0.25) is 0 Å². The van der Waals surface area contributed by atoms with Crippen LogP contribution in [-0.2, 0) is 9.53 Å². The van der Waals surface area contributed by atoms with E-state index in [0.29, 0.717) is 24.7 Å². The molecule has 0 radical (unpaired) electrons. The number of aromatic nitrogens is 4. The number of alkyl halides is 1. The molecule has 0 bridgehead atoms. The Labute approximate surface area is 201 Å². The number of anilines is 2. The van der Waals surface area contributed by atoms with Crippen LogP contribution in [-0.4, -0.2) is 94.3 Å². The standard InChI is InChI=1S/C23H25FN8O3/c1-28(21-16-31(23(34)35-21)17-8-4-2-5-9-17)20(33)15-29-12-13-30(19(24)14-29)22-25-26-27-32(22)18-10-6-3-7-11-18/h2-11,19,21H,12-16H2,1H3. The van der Waals surface area contributed by atoms with E-state index in [0.717, 1.165) is 5.69 Å². The normalized spacial score (nSPS) is 20.7. The number of carbonyl (C=O) groups excluding carboxylic acids is 2. The second kappa shape index (κ2) is 9.66. The maximum atomic E-state index is 15.2. The number of hydrogen-bond donors (Lipinski definition) is 0. The van der Waals surface area contributed by atoms with Gasteiger partial charge in [0.05, 0.1) is 18.8 Å². The highest BCUT2D eigenvalue weighted by atomic mass is 19.1. The molecule has 2 atom stereocenters. The molecule has 182 valence electrons. The number of amides is 2. The molecule has 3 heterocycles. The maximum Gasteiger partial charge on any atom is 0.416 e. The summed E-state index contributed by atoms with van der Waals surface area (Å²) < 4.78 is 22.1. The quantitative estimate of drug-likeness (QED) is 0.490. The van der Waals surface area contributed by atoms with Gasteiger partial charge in [-0.25, -0.2) is 9.18 Å². The SMILES string of the molecule is CN(C(=O)CN1CCN(c2nnnn2-c2ccccc2)C(F)C1)C1CN(c2ccccc2)C(=O)O1. The molecule has 0 saturated carbocycles. The molecule has 2 amide bonds. The van der Waals surface area contributed by atoms with Gasteiger partial charge in [-0.05, 0) is 34.7 Å². The number of piperazine rings is 1. The fourth-order valence-electron chi connectivity index (χ4n) is 4.19. The molecule has 0 aliphatic carbocycles. The van der Waals surface area contributed by atoms with Crippen molar-refractivity contribution in [3.8, 4) is 5.69 Å². The first-order chi connectivity index (χ1) is 17.0. The van der Waals surface area contributed by atoms with E-state index in [9.17, 15) is 9.59 Å². The fourth-order valence-corrected chi connectivity index (χ4v) is 4.19. The number of ether oxygens (including phenoxy) is 1. The monoisotopic (exact) mass is 480 g/mol. The highest BCUT2D eigenvalue weighted by Gasteiger charge is 2.38. The summed E-state index contributed by atoms with van der Waals surface area (Å²) >= 11 is 0. The maximum absolute atomic E-state index is 15.2. The Kier molecular flexibility index (Phi) is 6.27. The van der Waals surface area contributed by atoms with Crippen LogP contribution in [0.1, 0.15) is 0 Å². The van der Waals surface area contributed by atoms with E-state index in [-0.39, 0.29) is 25.5 Å². The van der Waals surface area contributed by atoms with Gasteiger partial charge in [0.25, 0.3) is 5.95 Å². The molecule has 0 spiro atoms. The van der Waals surface area contributed by atoms with Gasteiger partial charge in [0.2, 0.25) is 5.91 Å². The lowest BCUT2D eigenvalue weighted by molar-refractivity contribution is -0.138. The fraction of sp³-hybridized carbons (Fsp3) is 0.348. The van der Waals surface area contributed by atoms with Crippen molar-refractivity contribution in [3.05, 3.63) is 60.7 Å². The summed E-state index contributed by atoms with van der Waals surface area (Å²) in [4.78, 5) is 31.3. The Morgan fingerprint density at radius 1 is 1.06 bits per heavy atom. The molecule has 2 aliphatic heterocycles. The van der Waals surface area contributed by atoms with Crippen molar-refractivity contribution in [2.45, 2.75) is 12.5 Å². The summed E-state index contributed by atoms with van der Waals surface area (Å²) in [7, 11) is 1.59. The predicted molar refractivity (Wildman–Crippen MR) is 125 cm³/mol. The van der Waals surface area contributed by atoms with Gasteiger partial charge < -0.3 is 14.5 Å². The highest BCUT2D eigenvalue weighted by molar-refractivity contribution is 5.90. The number of carbonyl (C=O) groups is 2. The van der Waals surface area contributed by atoms with Gasteiger partial charge in [0, 0.05) is 32.4 Å². The number of likely N-dealkylation sites (N-methyl/N-ethyl adjacent to an activating group) is 1. The van der Waals surface area contributed by atoms with Gasteiger partial charge in [-0.1, -0.05) is 41.5 Å². The van der Waals surface area contributed by atoms with Crippen LogP contribution in [0, 0.1) is 0 Å². The summed E-state index contributed by atoms with van der Waals surface area (Å²) in [5.74, 6) is 0.0538. The number of hydrogen-bond acceptors (Lipinski definition) is 8. The van der Waals surface area contributed by atoms with Crippen LogP contribution in [0.4, 0.5) is 20.8 Å². The van der Waals surface area contributed by atoms with E-state index in [4.69, 9.17) is 4.74 Å². The topological polar surface area (TPSA) is 99.9 Å². The van der Waals surface area contributed by atoms with Crippen molar-refractivity contribution >= 4 is 23.6 Å². The van der Waals surface area contributed by atoms with E-state index in [1.54, 1.807) is 24.1 Å². The number of nitrogens with zero attached hydrogens (tertiary/aromatic N) is 8. The number of tetrazole rings is 1. The van der Waals surface area contributed by atoms with Gasteiger partial charge in [-0.2, -0.15) is 4.68 Å². The molecular weight excluding hydrogens is 455 g/mol. The van der Waals surface area contributed by atoms with Crippen LogP contribution in [0.25, 0.3) is 5.69 Å². The number of benzene rings is 2. The second-order valence-electron chi connectivity index (χ2n) is 8.38. The molecule has 12 heteroatoms. The Morgan fingerprint density at radius 3 is 2.43 bits per heavy atom. The van der Waals surface area contributed by atoms with Crippen molar-refractivity contribution in [2.75, 3.05) is 49.6 Å². The van der Waals surface area contributed by atoms with Crippen LogP contribution in [0.15, 0.2) is 60.7 Å². The Bertz CT molecular complexity index is 1180. The Morgan fingerprint density at radius 2 is 1.74 bits per heavy atom. The first-order valence-corrected chi connectivity index (χ1v) is 11.3. The van der Waals surface area contributed by atoms with E-state index in [1.165, 1.54) is 19.4 Å². The Balaban J connectivity index is 1.18. The Hall–Kier alpha value is -4.06. The lowest BCUT2D eigenvalue weighted by Crippen LogP contribution is -2.55. The largest absolute Gasteiger partial charge is 0.423 e. The minimum atomic E-state index is -1.40. The summed E-state index contributed by atoms with van der Waals surface area (Å²) in [6.45, 7) is 1.01. The lowest BCUT2D eigenvalue weighted by atomic mass is 10.3. The number of para-hydroxylation sites is 2. The van der Waals surface area contributed by atoms with Gasteiger partial charge in [-0.3, -0.25) is 14.6 Å². The lowest BCUT2D eigenvalue weighted by Gasteiger charge is -2.37. The molecule has 3 aromatic rings. The van der Waals surface area contributed by atoms with Crippen molar-refractivity contribution in [3.63, 3.8) is 0 Å². The van der Waals surface area contributed by atoms with E-state index in [1.807, 2.05) is 48.5 Å². The molecule has 2 aliphatic rings. The molecule has 2 unspecified atom stereocenters. The van der Waals surface area contributed by atoms with Crippen LogP contribution >= 0.6 is 0 Å². The average Bonchev–Trinajstić information content (AvgIpc) is 3.52. The minimum Gasteiger partial charge on any atom is -0.423 e. The van der Waals surface area contributed by atoms with Gasteiger partial charge >= 0.3 is 6.09 Å². The van der Waals surface area contributed by atoms with E-state index in [2.05, 4.69) is 15.5 Å². The van der Waals surface area contributed by atoms with Crippen molar-refractivity contribution in [2.24, 2.45) is 0 Å². The molecule has 11 nitrogen and oxygen atoms in total. The molecule has 5 rings (SSSR count). The van der Waals surface area contributed by atoms with Crippen LogP contribution in [0.5, 0.6) is 0 Å². The number of cyclic esters (lactones) is 1. The first kappa shape index (κ1) is 22.7. The third kappa shape index (κ3) is 4.64. The zero-order valence-corrected chi connectivity index (χ0v) is 19.1. The predicted octanol–water partition coefficient (Wildman–Crippen LogP) is 1.52.